The second-order valence-electron chi connectivity index (χ2n) is 5.21. The standard InChI is InChI=1S/C14H18N2O2/c17-13-4-2-1-3-10(13)7-14(18)16-8-11-5-6-15-12(11)9-16/h1-4,11-12,15,17H,5-9H2/t11-,12+/m0/s1. The van der Waals surface area contributed by atoms with E-state index in [1.54, 1.807) is 12.1 Å². The summed E-state index contributed by atoms with van der Waals surface area (Å²) in [6.45, 7) is 2.76. The maximum absolute atomic E-state index is 12.2. The van der Waals surface area contributed by atoms with Crippen molar-refractivity contribution in [3.63, 3.8) is 0 Å². The predicted molar refractivity (Wildman–Crippen MR) is 68.3 cm³/mol. The molecule has 4 heteroatoms. The lowest BCUT2D eigenvalue weighted by atomic mass is 10.1. The zero-order valence-corrected chi connectivity index (χ0v) is 10.3. The van der Waals surface area contributed by atoms with Crippen molar-refractivity contribution in [1.29, 1.82) is 0 Å². The number of nitrogens with one attached hydrogen (secondary N) is 1. The van der Waals surface area contributed by atoms with E-state index in [9.17, 15) is 9.90 Å². The number of hydrogen-bond donors (Lipinski definition) is 2. The van der Waals surface area contributed by atoms with E-state index in [0.717, 1.165) is 19.6 Å². The Morgan fingerprint density at radius 2 is 2.22 bits per heavy atom. The number of nitrogens with zero attached hydrogens (tertiary/aromatic N) is 1. The van der Waals surface area contributed by atoms with Crippen LogP contribution in [0, 0.1) is 5.92 Å². The lowest BCUT2D eigenvalue weighted by molar-refractivity contribution is -0.129. The van der Waals surface area contributed by atoms with Crippen molar-refractivity contribution in [3.05, 3.63) is 29.8 Å². The monoisotopic (exact) mass is 246 g/mol. The molecule has 2 heterocycles. The zero-order chi connectivity index (χ0) is 12.5. The lowest BCUT2D eigenvalue weighted by Crippen LogP contribution is -2.34. The molecule has 2 atom stereocenters. The summed E-state index contributed by atoms with van der Waals surface area (Å²) in [5.41, 5.74) is 0.715. The summed E-state index contributed by atoms with van der Waals surface area (Å²) in [5, 5.41) is 13.1. The van der Waals surface area contributed by atoms with Crippen LogP contribution in [0.25, 0.3) is 0 Å². The Balaban J connectivity index is 1.64. The van der Waals surface area contributed by atoms with Crippen molar-refractivity contribution in [2.24, 2.45) is 5.92 Å². The summed E-state index contributed by atoms with van der Waals surface area (Å²) in [7, 11) is 0. The third kappa shape index (κ3) is 2.08. The Labute approximate surface area is 107 Å². The number of carbonyl (C=O) groups is 1. The number of benzene rings is 1. The summed E-state index contributed by atoms with van der Waals surface area (Å²) in [6, 6.07) is 7.54. The molecule has 0 radical (unpaired) electrons. The molecule has 0 aliphatic carbocycles. The van der Waals surface area contributed by atoms with Gasteiger partial charge in [0.05, 0.1) is 6.42 Å². The largest absolute Gasteiger partial charge is 0.508 e. The van der Waals surface area contributed by atoms with E-state index in [-0.39, 0.29) is 11.7 Å². The molecule has 0 aromatic heterocycles. The van der Waals surface area contributed by atoms with Gasteiger partial charge in [0.1, 0.15) is 5.75 Å². The first-order valence-electron chi connectivity index (χ1n) is 6.52. The zero-order valence-electron chi connectivity index (χ0n) is 10.3. The van der Waals surface area contributed by atoms with Crippen molar-refractivity contribution in [1.82, 2.24) is 10.2 Å². The van der Waals surface area contributed by atoms with Gasteiger partial charge in [0.2, 0.25) is 5.91 Å². The molecule has 2 N–H and O–H groups in total. The molecule has 0 bridgehead atoms. The van der Waals surface area contributed by atoms with Crippen LogP contribution in [0.3, 0.4) is 0 Å². The fraction of sp³-hybridized carbons (Fsp3) is 0.500. The number of para-hydroxylation sites is 1. The second-order valence-corrected chi connectivity index (χ2v) is 5.21. The van der Waals surface area contributed by atoms with Crippen LogP contribution in [0.1, 0.15) is 12.0 Å². The minimum Gasteiger partial charge on any atom is -0.508 e. The number of hydrogen-bond acceptors (Lipinski definition) is 3. The fourth-order valence-electron chi connectivity index (χ4n) is 2.99. The van der Waals surface area contributed by atoms with Crippen molar-refractivity contribution < 1.29 is 9.90 Å². The molecular weight excluding hydrogens is 228 g/mol. The van der Waals surface area contributed by atoms with Crippen molar-refractivity contribution in [3.8, 4) is 5.75 Å². The Morgan fingerprint density at radius 3 is 3.00 bits per heavy atom. The van der Waals surface area contributed by atoms with Gasteiger partial charge < -0.3 is 15.3 Å². The van der Waals surface area contributed by atoms with Gasteiger partial charge in [-0.1, -0.05) is 18.2 Å². The van der Waals surface area contributed by atoms with Crippen LogP contribution < -0.4 is 5.32 Å². The molecule has 2 saturated heterocycles. The van der Waals surface area contributed by atoms with Gasteiger partial charge in [-0.15, -0.1) is 0 Å². The molecule has 2 fully saturated rings. The minimum atomic E-state index is 0.118. The van der Waals surface area contributed by atoms with Crippen LogP contribution in [0.2, 0.25) is 0 Å². The molecule has 96 valence electrons. The Hall–Kier alpha value is -1.55. The summed E-state index contributed by atoms with van der Waals surface area (Å²) in [4.78, 5) is 14.1. The maximum atomic E-state index is 12.2. The number of rotatable bonds is 2. The van der Waals surface area contributed by atoms with Crippen molar-refractivity contribution >= 4 is 5.91 Å². The highest BCUT2D eigenvalue weighted by Gasteiger charge is 2.37. The molecule has 4 nitrogen and oxygen atoms in total. The number of phenols is 1. The van der Waals surface area contributed by atoms with E-state index in [4.69, 9.17) is 0 Å². The number of amides is 1. The van der Waals surface area contributed by atoms with Crippen molar-refractivity contribution in [2.45, 2.75) is 18.9 Å². The number of fused-ring (bicyclic) bond motifs is 1. The smallest absolute Gasteiger partial charge is 0.227 e. The first-order chi connectivity index (χ1) is 8.74. The third-order valence-electron chi connectivity index (χ3n) is 4.05. The Morgan fingerprint density at radius 1 is 1.39 bits per heavy atom. The van der Waals surface area contributed by atoms with Gasteiger partial charge in [-0.05, 0) is 24.9 Å². The number of carbonyl (C=O) groups excluding carboxylic acids is 1. The topological polar surface area (TPSA) is 52.6 Å². The summed E-state index contributed by atoms with van der Waals surface area (Å²) in [5.74, 6) is 0.953. The highest BCUT2D eigenvalue weighted by atomic mass is 16.3. The third-order valence-corrected chi connectivity index (χ3v) is 4.05. The first kappa shape index (κ1) is 11.5. The van der Waals surface area contributed by atoms with E-state index >= 15 is 0 Å². The molecule has 0 unspecified atom stereocenters. The summed E-state index contributed by atoms with van der Waals surface area (Å²) in [6.07, 6.45) is 1.47. The van der Waals surface area contributed by atoms with E-state index in [0.29, 0.717) is 23.9 Å². The van der Waals surface area contributed by atoms with Gasteiger partial charge in [0, 0.05) is 24.7 Å². The van der Waals surface area contributed by atoms with Gasteiger partial charge in [-0.3, -0.25) is 4.79 Å². The van der Waals surface area contributed by atoms with Crippen LogP contribution in [-0.4, -0.2) is 41.6 Å². The van der Waals surface area contributed by atoms with E-state index in [2.05, 4.69) is 5.32 Å². The molecule has 1 amide bonds. The summed E-state index contributed by atoms with van der Waals surface area (Å²) < 4.78 is 0. The number of phenolic OH excluding ortho intramolecular Hbond substituents is 1. The van der Waals surface area contributed by atoms with Crippen LogP contribution in [-0.2, 0) is 11.2 Å². The van der Waals surface area contributed by atoms with Crippen LogP contribution in [0.4, 0.5) is 0 Å². The molecular formula is C14H18N2O2. The van der Waals surface area contributed by atoms with E-state index < -0.39 is 0 Å². The molecule has 1 aromatic rings. The average molecular weight is 246 g/mol. The second kappa shape index (κ2) is 4.61. The number of aromatic hydroxyl groups is 1. The molecule has 18 heavy (non-hydrogen) atoms. The van der Waals surface area contributed by atoms with Crippen molar-refractivity contribution in [2.75, 3.05) is 19.6 Å². The van der Waals surface area contributed by atoms with Gasteiger partial charge in [-0.25, -0.2) is 0 Å². The van der Waals surface area contributed by atoms with Gasteiger partial charge in [-0.2, -0.15) is 0 Å². The van der Waals surface area contributed by atoms with Gasteiger partial charge >= 0.3 is 0 Å². The highest BCUT2D eigenvalue weighted by Crippen LogP contribution is 2.25. The van der Waals surface area contributed by atoms with E-state index in [1.807, 2.05) is 17.0 Å². The molecule has 0 spiro atoms. The number of likely N-dealkylation sites (tertiary alicyclic amines) is 1. The molecule has 3 rings (SSSR count). The Kier molecular flexibility index (Phi) is 2.96. The van der Waals surface area contributed by atoms with Gasteiger partial charge in [0.25, 0.3) is 0 Å². The molecule has 2 aliphatic rings. The molecule has 0 saturated carbocycles. The van der Waals surface area contributed by atoms with Crippen LogP contribution >= 0.6 is 0 Å². The fourth-order valence-corrected chi connectivity index (χ4v) is 2.99. The van der Waals surface area contributed by atoms with Crippen LogP contribution in [0.15, 0.2) is 24.3 Å². The quantitative estimate of drug-likeness (QED) is 0.810. The lowest BCUT2D eigenvalue weighted by Gasteiger charge is -2.17. The minimum absolute atomic E-state index is 0.118. The Bertz CT molecular complexity index is 449. The molecule has 2 aliphatic heterocycles. The SMILES string of the molecule is O=C(Cc1ccccc1O)N1C[C@@H]2CCN[C@@H]2C1. The molecule has 1 aromatic carbocycles. The first-order valence-corrected chi connectivity index (χ1v) is 6.52. The maximum Gasteiger partial charge on any atom is 0.227 e. The van der Waals surface area contributed by atoms with Crippen LogP contribution in [0.5, 0.6) is 5.75 Å². The average Bonchev–Trinajstić information content (AvgIpc) is 2.92. The highest BCUT2D eigenvalue weighted by molar-refractivity contribution is 5.79. The predicted octanol–water partition coefficient (Wildman–Crippen LogP) is 0.755. The summed E-state index contributed by atoms with van der Waals surface area (Å²) >= 11 is 0. The van der Waals surface area contributed by atoms with Gasteiger partial charge in [0.15, 0.2) is 0 Å². The normalized spacial score (nSPS) is 26.3. The van der Waals surface area contributed by atoms with E-state index in [1.165, 1.54) is 6.42 Å².